The van der Waals surface area contributed by atoms with Crippen LogP contribution in [0.15, 0.2) is 58.4 Å². The summed E-state index contributed by atoms with van der Waals surface area (Å²) in [6.07, 6.45) is 5.82. The molecule has 33 heavy (non-hydrogen) atoms. The Morgan fingerprint density at radius 3 is 2.55 bits per heavy atom. The summed E-state index contributed by atoms with van der Waals surface area (Å²) in [6, 6.07) is 10.1. The van der Waals surface area contributed by atoms with Crippen molar-refractivity contribution < 1.29 is 4.74 Å². The van der Waals surface area contributed by atoms with Crippen LogP contribution in [0.2, 0.25) is 5.02 Å². The van der Waals surface area contributed by atoms with E-state index in [1.165, 1.54) is 30.0 Å². The summed E-state index contributed by atoms with van der Waals surface area (Å²) in [4.78, 5) is 37.2. The normalized spacial score (nSPS) is 16.7. The van der Waals surface area contributed by atoms with Crippen LogP contribution >= 0.6 is 11.6 Å². The molecule has 8 nitrogen and oxygen atoms in total. The summed E-state index contributed by atoms with van der Waals surface area (Å²) in [6.45, 7) is 5.19. The third-order valence-electron chi connectivity index (χ3n) is 6.13. The van der Waals surface area contributed by atoms with E-state index in [4.69, 9.17) is 16.3 Å². The summed E-state index contributed by atoms with van der Waals surface area (Å²) < 4.78 is 6.98. The predicted octanol–water partition coefficient (Wildman–Crippen LogP) is 2.69. The number of nitrogens with one attached hydrogen (secondary N) is 1. The first-order valence-electron chi connectivity index (χ1n) is 11.2. The van der Waals surface area contributed by atoms with Gasteiger partial charge in [0.2, 0.25) is 0 Å². The maximum Gasteiger partial charge on any atom is 0.273 e. The van der Waals surface area contributed by atoms with Gasteiger partial charge in [0.15, 0.2) is 0 Å². The van der Waals surface area contributed by atoms with Crippen LogP contribution in [0, 0.1) is 5.92 Å². The highest BCUT2D eigenvalue weighted by Gasteiger charge is 2.26. The van der Waals surface area contributed by atoms with Gasteiger partial charge in [0.1, 0.15) is 23.9 Å². The van der Waals surface area contributed by atoms with Crippen molar-refractivity contribution in [1.82, 2.24) is 19.4 Å². The van der Waals surface area contributed by atoms with Crippen LogP contribution in [-0.4, -0.2) is 52.2 Å². The van der Waals surface area contributed by atoms with Crippen LogP contribution in [-0.2, 0) is 6.61 Å². The summed E-state index contributed by atoms with van der Waals surface area (Å²) in [5, 5.41) is 0.549. The lowest BCUT2D eigenvalue weighted by atomic mass is 10.2. The summed E-state index contributed by atoms with van der Waals surface area (Å²) in [7, 11) is 0. The fourth-order valence-corrected chi connectivity index (χ4v) is 4.18. The second-order valence-electron chi connectivity index (χ2n) is 8.62. The van der Waals surface area contributed by atoms with Gasteiger partial charge in [-0.1, -0.05) is 11.6 Å². The Labute approximate surface area is 196 Å². The lowest BCUT2D eigenvalue weighted by molar-refractivity contribution is 0.247. The van der Waals surface area contributed by atoms with Crippen LogP contribution in [0.25, 0.3) is 5.69 Å². The van der Waals surface area contributed by atoms with Crippen molar-refractivity contribution in [3.63, 3.8) is 0 Å². The molecule has 0 atom stereocenters. The molecule has 0 amide bonds. The van der Waals surface area contributed by atoms with Crippen molar-refractivity contribution in [3.05, 3.63) is 80.2 Å². The van der Waals surface area contributed by atoms with Crippen molar-refractivity contribution >= 4 is 17.4 Å². The minimum atomic E-state index is -0.344. The zero-order valence-electron chi connectivity index (χ0n) is 18.2. The topological polar surface area (TPSA) is 83.5 Å². The summed E-state index contributed by atoms with van der Waals surface area (Å²) in [5.74, 6) is 2.09. The zero-order chi connectivity index (χ0) is 22.8. The fraction of sp³-hybridized carbons (Fsp3) is 0.375. The van der Waals surface area contributed by atoms with Crippen LogP contribution in [0.4, 0.5) is 5.82 Å². The van der Waals surface area contributed by atoms with Crippen LogP contribution in [0.1, 0.15) is 18.5 Å². The van der Waals surface area contributed by atoms with Gasteiger partial charge in [-0.3, -0.25) is 24.0 Å². The number of hydrogen-bond acceptors (Lipinski definition) is 6. The molecule has 5 rings (SSSR count). The Bertz CT molecular complexity index is 1230. The molecular weight excluding hydrogens is 442 g/mol. The maximum absolute atomic E-state index is 12.8. The highest BCUT2D eigenvalue weighted by molar-refractivity contribution is 6.30. The number of piperazine rings is 1. The Morgan fingerprint density at radius 1 is 1.06 bits per heavy atom. The second kappa shape index (κ2) is 9.41. The third kappa shape index (κ3) is 5.29. The Balaban J connectivity index is 1.24. The smallest absolute Gasteiger partial charge is 0.273 e. The van der Waals surface area contributed by atoms with Crippen molar-refractivity contribution in [2.24, 2.45) is 5.92 Å². The van der Waals surface area contributed by atoms with Crippen LogP contribution in [0.3, 0.4) is 0 Å². The van der Waals surface area contributed by atoms with E-state index < -0.39 is 0 Å². The van der Waals surface area contributed by atoms with Gasteiger partial charge in [-0.25, -0.2) is 0 Å². The molecule has 0 aromatic carbocycles. The van der Waals surface area contributed by atoms with E-state index in [1.807, 2.05) is 6.07 Å². The van der Waals surface area contributed by atoms with Gasteiger partial charge in [-0.05, 0) is 49.1 Å². The molecule has 2 fully saturated rings. The molecule has 1 N–H and O–H groups in total. The molecule has 0 bridgehead atoms. The van der Waals surface area contributed by atoms with Crippen molar-refractivity contribution in [3.8, 4) is 11.4 Å². The molecule has 1 aliphatic heterocycles. The first-order chi connectivity index (χ1) is 16.0. The molecule has 0 spiro atoms. The third-order valence-corrected chi connectivity index (χ3v) is 6.35. The average molecular weight is 468 g/mol. The molecule has 3 aromatic rings. The Morgan fingerprint density at radius 2 is 1.88 bits per heavy atom. The number of H-pyrrole nitrogens is 1. The fourth-order valence-electron chi connectivity index (χ4n) is 4.07. The molecule has 1 aliphatic carbocycles. The number of ether oxygens (including phenoxy) is 1. The van der Waals surface area contributed by atoms with E-state index >= 15 is 0 Å². The van der Waals surface area contributed by atoms with E-state index in [2.05, 4.69) is 19.8 Å². The van der Waals surface area contributed by atoms with E-state index in [-0.39, 0.29) is 23.4 Å². The van der Waals surface area contributed by atoms with Crippen LogP contribution < -0.4 is 20.8 Å². The molecule has 4 heterocycles. The van der Waals surface area contributed by atoms with E-state index in [0.717, 1.165) is 37.9 Å². The number of nitrogens with zero attached hydrogens (tertiary/aromatic N) is 4. The lowest BCUT2D eigenvalue weighted by Crippen LogP contribution is -2.47. The number of anilines is 1. The van der Waals surface area contributed by atoms with Crippen LogP contribution in [0.5, 0.6) is 5.75 Å². The number of pyridine rings is 3. The largest absolute Gasteiger partial charge is 0.487 e. The standard InChI is InChI=1S/C24H26ClN5O3/c25-18-3-4-19(26-14-18)16-33-20-7-8-30(23(31)13-20)21-5-6-22(27-24(21)32)29-11-9-28(10-12-29)15-17-1-2-17/h3-8,13-14,17H,1-2,9-12,15-16H2,(H,27,32). The highest BCUT2D eigenvalue weighted by Crippen LogP contribution is 2.30. The minimum absolute atomic E-state index is 0.212. The van der Waals surface area contributed by atoms with Crippen molar-refractivity contribution in [2.75, 3.05) is 37.6 Å². The summed E-state index contributed by atoms with van der Waals surface area (Å²) in [5.41, 5.74) is 0.337. The number of hydrogen-bond donors (Lipinski definition) is 1. The lowest BCUT2D eigenvalue weighted by Gasteiger charge is -2.35. The Hall–Kier alpha value is -3.10. The molecule has 0 radical (unpaired) electrons. The van der Waals surface area contributed by atoms with Gasteiger partial charge < -0.3 is 14.6 Å². The van der Waals surface area contributed by atoms with Crippen molar-refractivity contribution in [1.29, 1.82) is 0 Å². The first-order valence-corrected chi connectivity index (χ1v) is 11.6. The van der Waals surface area contributed by atoms with Gasteiger partial charge in [-0.2, -0.15) is 0 Å². The molecule has 2 aliphatic rings. The van der Waals surface area contributed by atoms with Gasteiger partial charge in [0.25, 0.3) is 11.1 Å². The average Bonchev–Trinajstić information content (AvgIpc) is 3.64. The molecule has 0 unspecified atom stereocenters. The number of aromatic nitrogens is 3. The number of halogens is 1. The van der Waals surface area contributed by atoms with E-state index in [9.17, 15) is 9.59 Å². The van der Waals surface area contributed by atoms with Crippen molar-refractivity contribution in [2.45, 2.75) is 19.4 Å². The molecule has 172 valence electrons. The highest BCUT2D eigenvalue weighted by atomic mass is 35.5. The molecule has 9 heteroatoms. The zero-order valence-corrected chi connectivity index (χ0v) is 19.0. The molecule has 3 aromatic heterocycles. The minimum Gasteiger partial charge on any atom is -0.487 e. The van der Waals surface area contributed by atoms with Gasteiger partial charge >= 0.3 is 0 Å². The SMILES string of the molecule is O=c1[nH]c(N2CCN(CC3CC3)CC2)ccc1-n1ccc(OCc2ccc(Cl)cn2)cc1=O. The second-order valence-corrected chi connectivity index (χ2v) is 9.05. The first kappa shape index (κ1) is 21.7. The van der Waals surface area contributed by atoms with Gasteiger partial charge in [0, 0.05) is 51.2 Å². The Kier molecular flexibility index (Phi) is 6.20. The quantitative estimate of drug-likeness (QED) is 0.575. The molecule has 1 saturated carbocycles. The van der Waals surface area contributed by atoms with E-state index in [0.29, 0.717) is 16.5 Å². The number of rotatable bonds is 7. The van der Waals surface area contributed by atoms with Gasteiger partial charge in [0.05, 0.1) is 10.7 Å². The monoisotopic (exact) mass is 467 g/mol. The molecular formula is C24H26ClN5O3. The number of aromatic amines is 1. The van der Waals surface area contributed by atoms with Gasteiger partial charge in [-0.15, -0.1) is 0 Å². The maximum atomic E-state index is 12.8. The molecule has 1 saturated heterocycles. The van der Waals surface area contributed by atoms with E-state index in [1.54, 1.807) is 36.7 Å². The summed E-state index contributed by atoms with van der Waals surface area (Å²) >= 11 is 5.84. The predicted molar refractivity (Wildman–Crippen MR) is 128 cm³/mol.